The van der Waals surface area contributed by atoms with E-state index in [0.29, 0.717) is 54.6 Å². The summed E-state index contributed by atoms with van der Waals surface area (Å²) in [5, 5.41) is 20.5. The second kappa shape index (κ2) is 6.97. The topological polar surface area (TPSA) is 74.6 Å². The van der Waals surface area contributed by atoms with E-state index < -0.39 is 12.1 Å². The number of carbonyl (C=O) groups is 2. The summed E-state index contributed by atoms with van der Waals surface area (Å²) in [4.78, 5) is 23.1. The number of aliphatic carboxylic acids is 1. The third kappa shape index (κ3) is 2.89. The highest BCUT2D eigenvalue weighted by atomic mass is 16.4. The molecular formula is C24H36O4. The lowest BCUT2D eigenvalue weighted by Gasteiger charge is -2.57. The maximum absolute atomic E-state index is 12.0. The minimum absolute atomic E-state index is 0.0755. The average Bonchev–Trinajstić information content (AvgIpc) is 3.00. The van der Waals surface area contributed by atoms with Crippen LogP contribution in [0.1, 0.15) is 78.6 Å². The Balaban J connectivity index is 1.63. The van der Waals surface area contributed by atoms with E-state index in [4.69, 9.17) is 5.11 Å². The molecule has 0 radical (unpaired) electrons. The van der Waals surface area contributed by atoms with E-state index >= 15 is 0 Å². The fraction of sp³-hybridized carbons (Fsp3) is 0.833. The zero-order valence-corrected chi connectivity index (χ0v) is 17.6. The van der Waals surface area contributed by atoms with Crippen molar-refractivity contribution < 1.29 is 19.8 Å². The van der Waals surface area contributed by atoms with Crippen LogP contribution in [0.15, 0.2) is 11.6 Å². The molecule has 0 unspecified atom stereocenters. The third-order valence-corrected chi connectivity index (χ3v) is 9.53. The number of rotatable bonds is 4. The standard InChI is InChI=1S/C24H36O4/c1-14(4-9-22(27)28)18-7-8-19-17-6-5-15-12-16(25)10-11-23(15,2)20(17)13-21(26)24(18,19)3/h13-15,17-19,21,26H,4-12H2,1-3H3,(H,27,28)/t14-,15-,17+,18-,19+,21+,23+,24-/m1/s1. The summed E-state index contributed by atoms with van der Waals surface area (Å²) in [6.07, 6.45) is 9.47. The van der Waals surface area contributed by atoms with Crippen molar-refractivity contribution in [3.63, 3.8) is 0 Å². The van der Waals surface area contributed by atoms with Gasteiger partial charge >= 0.3 is 5.97 Å². The van der Waals surface area contributed by atoms with Crippen molar-refractivity contribution in [3.8, 4) is 0 Å². The van der Waals surface area contributed by atoms with Gasteiger partial charge < -0.3 is 10.2 Å². The van der Waals surface area contributed by atoms with Crippen LogP contribution in [0.5, 0.6) is 0 Å². The molecule has 4 aliphatic rings. The summed E-state index contributed by atoms with van der Waals surface area (Å²) >= 11 is 0. The first kappa shape index (κ1) is 20.1. The number of fused-ring (bicyclic) bond motifs is 5. The summed E-state index contributed by atoms with van der Waals surface area (Å²) < 4.78 is 0. The van der Waals surface area contributed by atoms with Crippen LogP contribution in [-0.4, -0.2) is 28.1 Å². The largest absolute Gasteiger partial charge is 0.481 e. The van der Waals surface area contributed by atoms with Gasteiger partial charge in [0.15, 0.2) is 0 Å². The molecule has 0 aromatic heterocycles. The summed E-state index contributed by atoms with van der Waals surface area (Å²) in [6, 6.07) is 0. The van der Waals surface area contributed by atoms with Crippen LogP contribution in [0.2, 0.25) is 0 Å². The van der Waals surface area contributed by atoms with E-state index in [1.54, 1.807) is 0 Å². The Morgan fingerprint density at radius 1 is 1.25 bits per heavy atom. The molecule has 0 spiro atoms. The highest BCUT2D eigenvalue weighted by Gasteiger charge is 2.60. The average molecular weight is 389 g/mol. The number of carboxylic acids is 1. The number of Topliss-reactive ketones (excluding diaryl/α,β-unsaturated/α-hetero) is 1. The molecule has 0 bridgehead atoms. The Morgan fingerprint density at radius 3 is 2.71 bits per heavy atom. The molecule has 4 rings (SSSR count). The van der Waals surface area contributed by atoms with Gasteiger partial charge in [-0.15, -0.1) is 0 Å². The van der Waals surface area contributed by atoms with Gasteiger partial charge in [-0.1, -0.05) is 32.4 Å². The van der Waals surface area contributed by atoms with E-state index in [2.05, 4.69) is 26.8 Å². The smallest absolute Gasteiger partial charge is 0.303 e. The van der Waals surface area contributed by atoms with Gasteiger partial charge in [-0.25, -0.2) is 0 Å². The van der Waals surface area contributed by atoms with Gasteiger partial charge in [0, 0.05) is 24.7 Å². The van der Waals surface area contributed by atoms with Crippen molar-refractivity contribution in [1.82, 2.24) is 0 Å². The predicted molar refractivity (Wildman–Crippen MR) is 108 cm³/mol. The van der Waals surface area contributed by atoms with Crippen LogP contribution in [0.25, 0.3) is 0 Å². The number of aliphatic hydroxyl groups excluding tert-OH is 1. The quantitative estimate of drug-likeness (QED) is 0.690. The molecule has 3 fully saturated rings. The lowest BCUT2D eigenvalue weighted by atomic mass is 9.48. The first-order valence-corrected chi connectivity index (χ1v) is 11.3. The normalized spacial score (nSPS) is 46.2. The molecule has 0 aromatic rings. The van der Waals surface area contributed by atoms with E-state index in [1.807, 2.05) is 0 Å². The van der Waals surface area contributed by atoms with Crippen molar-refractivity contribution >= 4 is 11.8 Å². The first-order valence-electron chi connectivity index (χ1n) is 11.3. The number of aliphatic hydroxyl groups is 1. The molecule has 156 valence electrons. The highest BCUT2D eigenvalue weighted by Crippen LogP contribution is 2.66. The number of ketones is 1. The van der Waals surface area contributed by atoms with E-state index in [1.165, 1.54) is 5.57 Å². The van der Waals surface area contributed by atoms with Gasteiger partial charge in [0.1, 0.15) is 5.78 Å². The third-order valence-electron chi connectivity index (χ3n) is 9.53. The Labute approximate surface area is 168 Å². The molecule has 0 aliphatic heterocycles. The van der Waals surface area contributed by atoms with Crippen LogP contribution >= 0.6 is 0 Å². The monoisotopic (exact) mass is 388 g/mol. The first-order chi connectivity index (χ1) is 13.2. The van der Waals surface area contributed by atoms with E-state index in [-0.39, 0.29) is 17.3 Å². The number of allylic oxidation sites excluding steroid dienone is 1. The van der Waals surface area contributed by atoms with Gasteiger partial charge in [-0.05, 0) is 73.5 Å². The van der Waals surface area contributed by atoms with Crippen molar-refractivity contribution in [2.24, 2.45) is 40.4 Å². The molecule has 0 aromatic carbocycles. The molecular weight excluding hydrogens is 352 g/mol. The minimum Gasteiger partial charge on any atom is -0.481 e. The zero-order chi connectivity index (χ0) is 20.3. The Morgan fingerprint density at radius 2 is 2.00 bits per heavy atom. The second-order valence-corrected chi connectivity index (χ2v) is 10.7. The summed E-state index contributed by atoms with van der Waals surface area (Å²) in [7, 11) is 0. The lowest BCUT2D eigenvalue weighted by Crippen LogP contribution is -2.53. The number of hydrogen-bond donors (Lipinski definition) is 2. The maximum Gasteiger partial charge on any atom is 0.303 e. The van der Waals surface area contributed by atoms with Crippen molar-refractivity contribution in [2.45, 2.75) is 84.7 Å². The predicted octanol–water partition coefficient (Wildman–Crippen LogP) is 4.61. The van der Waals surface area contributed by atoms with Crippen LogP contribution in [0, 0.1) is 40.4 Å². The molecule has 3 saturated carbocycles. The number of hydrogen-bond acceptors (Lipinski definition) is 3. The van der Waals surface area contributed by atoms with E-state index in [0.717, 1.165) is 32.1 Å². The fourth-order valence-electron chi connectivity index (χ4n) is 7.83. The molecule has 0 amide bonds. The summed E-state index contributed by atoms with van der Waals surface area (Å²) in [6.45, 7) is 6.79. The molecule has 28 heavy (non-hydrogen) atoms. The summed E-state index contributed by atoms with van der Waals surface area (Å²) in [5.74, 6) is 1.83. The molecule has 8 atom stereocenters. The van der Waals surface area contributed by atoms with Gasteiger partial charge in [-0.2, -0.15) is 0 Å². The van der Waals surface area contributed by atoms with Gasteiger partial charge in [0.25, 0.3) is 0 Å². The SMILES string of the molecule is C[C@H](CCC(=O)O)[C@H]1CC[C@H]2[C@@H]3CC[C@@H]4CC(=O)CC[C@]4(C)C3=C[C@H](O)[C@]12C. The van der Waals surface area contributed by atoms with Crippen LogP contribution in [-0.2, 0) is 9.59 Å². The second-order valence-electron chi connectivity index (χ2n) is 10.7. The molecule has 0 heterocycles. The van der Waals surface area contributed by atoms with Crippen LogP contribution < -0.4 is 0 Å². The number of carboxylic acid groups (broad SMARTS) is 1. The number of carbonyl (C=O) groups excluding carboxylic acids is 1. The summed E-state index contributed by atoms with van der Waals surface area (Å²) in [5.41, 5.74) is 1.37. The Kier molecular flexibility index (Phi) is 5.01. The Bertz CT molecular complexity index is 697. The molecule has 2 N–H and O–H groups in total. The van der Waals surface area contributed by atoms with Crippen molar-refractivity contribution in [3.05, 3.63) is 11.6 Å². The maximum atomic E-state index is 12.0. The van der Waals surface area contributed by atoms with Gasteiger partial charge in [0.05, 0.1) is 6.10 Å². The molecule has 4 nitrogen and oxygen atoms in total. The zero-order valence-electron chi connectivity index (χ0n) is 17.6. The van der Waals surface area contributed by atoms with Gasteiger partial charge in [0.2, 0.25) is 0 Å². The highest BCUT2D eigenvalue weighted by molar-refractivity contribution is 5.80. The van der Waals surface area contributed by atoms with Crippen molar-refractivity contribution in [1.29, 1.82) is 0 Å². The molecule has 4 heteroatoms. The van der Waals surface area contributed by atoms with Crippen LogP contribution in [0.3, 0.4) is 0 Å². The minimum atomic E-state index is -0.726. The van der Waals surface area contributed by atoms with Crippen LogP contribution in [0.4, 0.5) is 0 Å². The molecule has 4 aliphatic carbocycles. The Hall–Kier alpha value is -1.16. The molecule has 0 saturated heterocycles. The lowest BCUT2D eigenvalue weighted by molar-refractivity contribution is -0.137. The van der Waals surface area contributed by atoms with Crippen molar-refractivity contribution in [2.75, 3.05) is 0 Å². The van der Waals surface area contributed by atoms with E-state index in [9.17, 15) is 14.7 Å². The van der Waals surface area contributed by atoms with Gasteiger partial charge in [-0.3, -0.25) is 9.59 Å². The fourth-order valence-corrected chi connectivity index (χ4v) is 7.83.